The van der Waals surface area contributed by atoms with Crippen molar-refractivity contribution in [1.29, 1.82) is 0 Å². The second-order valence-electron chi connectivity index (χ2n) is 7.76. The van der Waals surface area contributed by atoms with Crippen LogP contribution in [0.3, 0.4) is 0 Å². The molecule has 2 aromatic heterocycles. The van der Waals surface area contributed by atoms with Crippen molar-refractivity contribution in [2.75, 3.05) is 31.3 Å². The maximum atomic E-state index is 12.8. The first kappa shape index (κ1) is 23.9. The first-order chi connectivity index (χ1) is 16.1. The van der Waals surface area contributed by atoms with Crippen LogP contribution in [-0.2, 0) is 23.5 Å². The van der Waals surface area contributed by atoms with Crippen LogP contribution >= 0.6 is 11.6 Å². The van der Waals surface area contributed by atoms with E-state index < -0.39 is 10.5 Å². The molecule has 0 amide bonds. The van der Waals surface area contributed by atoms with Crippen molar-refractivity contribution in [2.24, 2.45) is 0 Å². The quantitative estimate of drug-likeness (QED) is 0.454. The van der Waals surface area contributed by atoms with E-state index in [1.54, 1.807) is 14.0 Å². The number of anilines is 4. The van der Waals surface area contributed by atoms with Crippen molar-refractivity contribution < 1.29 is 21.2 Å². The highest BCUT2D eigenvalue weighted by atomic mass is 35.5. The molecule has 2 N–H and O–H groups in total. The average molecular weight is 509 g/mol. The lowest BCUT2D eigenvalue weighted by Crippen LogP contribution is -2.26. The van der Waals surface area contributed by atoms with Gasteiger partial charge in [-0.15, -0.1) is 0 Å². The summed E-state index contributed by atoms with van der Waals surface area (Å²) in [5.74, 6) is 1.28. The monoisotopic (exact) mass is 508 g/mol. The molecule has 1 aliphatic heterocycles. The van der Waals surface area contributed by atoms with Gasteiger partial charge in [0.25, 0.3) is 0 Å². The van der Waals surface area contributed by atoms with Gasteiger partial charge in [0, 0.05) is 13.1 Å². The Morgan fingerprint density at radius 3 is 2.62 bits per heavy atom. The van der Waals surface area contributed by atoms with E-state index in [4.69, 9.17) is 16.3 Å². The van der Waals surface area contributed by atoms with Crippen molar-refractivity contribution in [1.82, 2.24) is 19.9 Å². The van der Waals surface area contributed by atoms with E-state index in [0.717, 1.165) is 25.7 Å². The summed E-state index contributed by atoms with van der Waals surface area (Å²) in [7, 11) is -1.47. The molecule has 3 aromatic rings. The number of aryl methyl sites for hydroxylation is 1. The number of nitrogens with one attached hydrogen (secondary N) is 2. The molecular formula is C21H22ClFN6O4S. The van der Waals surface area contributed by atoms with Crippen LogP contribution in [0.4, 0.5) is 27.2 Å². The molecule has 180 valence electrons. The number of rotatable bonds is 7. The number of halogens is 2. The molecule has 1 aliphatic rings. The summed E-state index contributed by atoms with van der Waals surface area (Å²) in [5, 5.41) is 6.38. The Balaban J connectivity index is 1.58. The number of fused-ring (bicyclic) bond motifs is 1. The van der Waals surface area contributed by atoms with Crippen LogP contribution < -0.4 is 19.6 Å². The van der Waals surface area contributed by atoms with E-state index in [0.29, 0.717) is 22.8 Å². The number of hydrogen-bond acceptors (Lipinski definition) is 10. The van der Waals surface area contributed by atoms with Gasteiger partial charge >= 0.3 is 10.5 Å². The normalized spacial score (nSPS) is 13.8. The van der Waals surface area contributed by atoms with Gasteiger partial charge in [0.05, 0.1) is 25.2 Å². The lowest BCUT2D eigenvalue weighted by atomic mass is 9.99. The molecule has 0 aliphatic carbocycles. The number of hydrogen-bond donors (Lipinski definition) is 2. The molecule has 0 unspecified atom stereocenters. The second-order valence-corrected chi connectivity index (χ2v) is 9.12. The Kier molecular flexibility index (Phi) is 6.73. The molecule has 0 bridgehead atoms. The lowest BCUT2D eigenvalue weighted by molar-refractivity contribution is 0.312. The topological polar surface area (TPSA) is 119 Å². The predicted octanol–water partition coefficient (Wildman–Crippen LogP) is 3.91. The number of benzene rings is 1. The van der Waals surface area contributed by atoms with Gasteiger partial charge in [-0.05, 0) is 55.3 Å². The Morgan fingerprint density at radius 2 is 1.91 bits per heavy atom. The van der Waals surface area contributed by atoms with Crippen LogP contribution in [0.2, 0.25) is 5.02 Å². The van der Waals surface area contributed by atoms with Gasteiger partial charge in [0.1, 0.15) is 16.6 Å². The fourth-order valence-corrected chi connectivity index (χ4v) is 4.04. The number of ether oxygens (including phenoxy) is 1. The van der Waals surface area contributed by atoms with Crippen molar-refractivity contribution in [3.05, 3.63) is 52.3 Å². The van der Waals surface area contributed by atoms with E-state index in [-0.39, 0.29) is 22.5 Å². The summed E-state index contributed by atoms with van der Waals surface area (Å²) < 4.78 is 43.9. The zero-order valence-electron chi connectivity index (χ0n) is 18.6. The van der Waals surface area contributed by atoms with Crippen LogP contribution in [-0.4, -0.2) is 49.0 Å². The predicted molar refractivity (Wildman–Crippen MR) is 126 cm³/mol. The minimum absolute atomic E-state index is 0.234. The number of nitrogens with zero attached hydrogens (tertiary/aromatic N) is 4. The first-order valence-corrected chi connectivity index (χ1v) is 11.9. The summed E-state index contributed by atoms with van der Waals surface area (Å²) in [6, 6.07) is 5.36. The standard InChI is InChI=1S/C21H22ClFN6O4S/c1-12-6-15(33-34(23,30)31)9-24-19(12)27-20-16(22)10-25-21(28-20)26-17-7-14-11-29(2)5-4-13(14)8-18(17)32-3/h6-10H,4-5,11H2,1-3H3,(H2,24,25,26,27,28). The summed E-state index contributed by atoms with van der Waals surface area (Å²) in [6.45, 7) is 3.45. The van der Waals surface area contributed by atoms with E-state index in [9.17, 15) is 12.3 Å². The fourth-order valence-electron chi connectivity index (χ4n) is 3.58. The fraction of sp³-hybridized carbons (Fsp3) is 0.286. The summed E-state index contributed by atoms with van der Waals surface area (Å²) in [5.41, 5.74) is 3.63. The molecule has 10 nitrogen and oxygen atoms in total. The Hall–Kier alpha value is -3.22. The molecule has 0 spiro atoms. The number of likely N-dealkylation sites (N-methyl/N-ethyl adjacent to an activating group) is 1. The molecule has 34 heavy (non-hydrogen) atoms. The molecule has 13 heteroatoms. The Bertz CT molecular complexity index is 1340. The Morgan fingerprint density at radius 1 is 1.12 bits per heavy atom. The van der Waals surface area contributed by atoms with Crippen molar-refractivity contribution in [2.45, 2.75) is 19.9 Å². The molecule has 0 saturated carbocycles. The minimum Gasteiger partial charge on any atom is -0.495 e. The highest BCUT2D eigenvalue weighted by Crippen LogP contribution is 2.34. The first-order valence-electron chi connectivity index (χ1n) is 10.2. The molecular weight excluding hydrogens is 487 g/mol. The third-order valence-corrected chi connectivity index (χ3v) is 5.87. The second kappa shape index (κ2) is 9.57. The molecule has 0 saturated heterocycles. The molecule has 1 aromatic carbocycles. The molecule has 0 atom stereocenters. The Labute approximate surface area is 201 Å². The van der Waals surface area contributed by atoms with Crippen LogP contribution in [0.1, 0.15) is 16.7 Å². The van der Waals surface area contributed by atoms with Crippen LogP contribution in [0.5, 0.6) is 11.5 Å². The van der Waals surface area contributed by atoms with Gasteiger partial charge in [0.15, 0.2) is 11.6 Å². The highest BCUT2D eigenvalue weighted by Gasteiger charge is 2.18. The van der Waals surface area contributed by atoms with E-state index in [2.05, 4.69) is 41.7 Å². The van der Waals surface area contributed by atoms with E-state index in [1.807, 2.05) is 12.1 Å². The van der Waals surface area contributed by atoms with E-state index >= 15 is 0 Å². The summed E-state index contributed by atoms with van der Waals surface area (Å²) >= 11 is 6.26. The largest absolute Gasteiger partial charge is 0.495 e. The van der Waals surface area contributed by atoms with Crippen molar-refractivity contribution in [3.63, 3.8) is 0 Å². The summed E-state index contributed by atoms with van der Waals surface area (Å²) in [6.07, 6.45) is 3.44. The number of methoxy groups -OCH3 is 1. The maximum Gasteiger partial charge on any atom is 0.488 e. The molecule has 3 heterocycles. The van der Waals surface area contributed by atoms with Gasteiger partial charge in [-0.3, -0.25) is 0 Å². The number of aromatic nitrogens is 3. The highest BCUT2D eigenvalue weighted by molar-refractivity contribution is 7.81. The van der Waals surface area contributed by atoms with Crippen LogP contribution in [0.25, 0.3) is 0 Å². The smallest absolute Gasteiger partial charge is 0.488 e. The molecule has 4 rings (SSSR count). The minimum atomic E-state index is -5.15. The SMILES string of the molecule is COc1cc2c(cc1Nc1ncc(Cl)c(Nc3ncc(OS(=O)(=O)F)cc3C)n1)CN(C)CC2. The van der Waals surface area contributed by atoms with Gasteiger partial charge in [-0.25, -0.2) is 9.97 Å². The third-order valence-electron chi connectivity index (χ3n) is 5.20. The van der Waals surface area contributed by atoms with Crippen LogP contribution in [0.15, 0.2) is 30.6 Å². The van der Waals surface area contributed by atoms with Gasteiger partial charge < -0.3 is 24.5 Å². The maximum absolute atomic E-state index is 12.8. The molecule has 0 fully saturated rings. The lowest BCUT2D eigenvalue weighted by Gasteiger charge is -2.26. The van der Waals surface area contributed by atoms with Gasteiger partial charge in [-0.1, -0.05) is 15.5 Å². The van der Waals surface area contributed by atoms with E-state index in [1.165, 1.54) is 23.4 Å². The van der Waals surface area contributed by atoms with Crippen molar-refractivity contribution >= 4 is 45.4 Å². The van der Waals surface area contributed by atoms with Crippen LogP contribution in [0, 0.1) is 6.92 Å². The number of pyridine rings is 1. The zero-order valence-corrected chi connectivity index (χ0v) is 20.2. The van der Waals surface area contributed by atoms with Gasteiger partial charge in [-0.2, -0.15) is 13.4 Å². The van der Waals surface area contributed by atoms with Crippen molar-refractivity contribution in [3.8, 4) is 11.5 Å². The molecule has 0 radical (unpaired) electrons. The average Bonchev–Trinajstić information content (AvgIpc) is 2.76. The zero-order chi connectivity index (χ0) is 24.5. The summed E-state index contributed by atoms with van der Waals surface area (Å²) in [4.78, 5) is 15.0. The van der Waals surface area contributed by atoms with Gasteiger partial charge in [0.2, 0.25) is 5.95 Å². The third kappa shape index (κ3) is 5.64.